The summed E-state index contributed by atoms with van der Waals surface area (Å²) in [5, 5.41) is 0.819. The van der Waals surface area contributed by atoms with Gasteiger partial charge in [0.1, 0.15) is 0 Å². The molecule has 0 atom stereocenters. The highest BCUT2D eigenvalue weighted by Gasteiger charge is 2.19. The van der Waals surface area contributed by atoms with Crippen LogP contribution < -0.4 is 9.80 Å². The lowest BCUT2D eigenvalue weighted by molar-refractivity contribution is -0.900. The van der Waals surface area contributed by atoms with Crippen LogP contribution in [0.3, 0.4) is 0 Å². The van der Waals surface area contributed by atoms with Crippen molar-refractivity contribution in [2.45, 2.75) is 6.42 Å². The topological polar surface area (TPSA) is 7.68 Å². The molecule has 0 aliphatic carbocycles. The summed E-state index contributed by atoms with van der Waals surface area (Å²) in [5.41, 5.74) is 1.24. The Labute approximate surface area is 113 Å². The van der Waals surface area contributed by atoms with Crippen molar-refractivity contribution < 1.29 is 4.90 Å². The smallest absolute Gasteiger partial charge is 0.0949 e. The Kier molecular flexibility index (Phi) is 4.96. The van der Waals surface area contributed by atoms with Crippen molar-refractivity contribution in [3.8, 4) is 0 Å². The molecule has 2 rings (SSSR count). The number of rotatable bonds is 4. The van der Waals surface area contributed by atoms with Crippen LogP contribution in [-0.4, -0.2) is 38.6 Å². The molecule has 0 radical (unpaired) electrons. The highest BCUT2D eigenvalue weighted by molar-refractivity contribution is 6.30. The molecule has 0 spiro atoms. The lowest BCUT2D eigenvalue weighted by Crippen LogP contribution is -3.14. The van der Waals surface area contributed by atoms with E-state index in [1.165, 1.54) is 25.3 Å². The fourth-order valence-corrected chi connectivity index (χ4v) is 2.64. The Morgan fingerprint density at radius 3 is 2.65 bits per heavy atom. The van der Waals surface area contributed by atoms with Crippen LogP contribution in [-0.2, 0) is 0 Å². The Morgan fingerprint density at radius 1 is 1.24 bits per heavy atom. The predicted molar refractivity (Wildman–Crippen MR) is 74.6 cm³/mol. The zero-order valence-electron chi connectivity index (χ0n) is 9.96. The summed E-state index contributed by atoms with van der Waals surface area (Å²) in [7, 11) is 0. The molecule has 1 aliphatic rings. The van der Waals surface area contributed by atoms with Crippen LogP contribution in [0.4, 0.5) is 5.69 Å². The summed E-state index contributed by atoms with van der Waals surface area (Å²) in [5.74, 6) is 0.779. The molecule has 0 amide bonds. The average Bonchev–Trinajstić information content (AvgIpc) is 2.37. The molecule has 1 aliphatic heterocycles. The van der Waals surface area contributed by atoms with Crippen LogP contribution >= 0.6 is 23.2 Å². The fourth-order valence-electron chi connectivity index (χ4n) is 2.32. The number of benzene rings is 1. The minimum atomic E-state index is 0.779. The molecule has 17 heavy (non-hydrogen) atoms. The molecule has 2 nitrogen and oxygen atoms in total. The van der Waals surface area contributed by atoms with Crippen LogP contribution in [0, 0.1) is 0 Å². The number of piperazine rings is 1. The molecule has 0 bridgehead atoms. The van der Waals surface area contributed by atoms with E-state index in [0.717, 1.165) is 30.4 Å². The second-order valence-electron chi connectivity index (χ2n) is 4.51. The van der Waals surface area contributed by atoms with Gasteiger partial charge in [-0.1, -0.05) is 17.7 Å². The first-order valence-corrected chi connectivity index (χ1v) is 7.11. The summed E-state index contributed by atoms with van der Waals surface area (Å²) in [6.07, 6.45) is 1.12. The van der Waals surface area contributed by atoms with E-state index in [9.17, 15) is 0 Å². The first kappa shape index (κ1) is 13.0. The third kappa shape index (κ3) is 3.77. The van der Waals surface area contributed by atoms with Crippen molar-refractivity contribution in [2.75, 3.05) is 43.5 Å². The third-order valence-corrected chi connectivity index (χ3v) is 3.81. The lowest BCUT2D eigenvalue weighted by atomic mass is 10.2. The summed E-state index contributed by atoms with van der Waals surface area (Å²) >= 11 is 11.7. The average molecular weight is 274 g/mol. The van der Waals surface area contributed by atoms with E-state index < -0.39 is 0 Å². The number of quaternary nitrogens is 1. The third-order valence-electron chi connectivity index (χ3n) is 3.31. The SMILES string of the molecule is ClCCC[NH+]1CCN(c2cccc(Cl)c2)CC1. The zero-order valence-corrected chi connectivity index (χ0v) is 11.5. The predicted octanol–water partition coefficient (Wildman–Crippen LogP) is 1.67. The van der Waals surface area contributed by atoms with Crippen molar-refractivity contribution >= 4 is 28.9 Å². The van der Waals surface area contributed by atoms with Crippen molar-refractivity contribution in [2.24, 2.45) is 0 Å². The number of anilines is 1. The van der Waals surface area contributed by atoms with Gasteiger partial charge in [0, 0.05) is 23.0 Å². The molecular weight excluding hydrogens is 255 g/mol. The van der Waals surface area contributed by atoms with Gasteiger partial charge < -0.3 is 9.80 Å². The summed E-state index contributed by atoms with van der Waals surface area (Å²) in [6.45, 7) is 5.82. The van der Waals surface area contributed by atoms with Gasteiger partial charge in [-0.2, -0.15) is 0 Å². The van der Waals surface area contributed by atoms with E-state index in [2.05, 4.69) is 11.0 Å². The number of hydrogen-bond donors (Lipinski definition) is 1. The molecule has 1 fully saturated rings. The maximum absolute atomic E-state index is 6.01. The zero-order chi connectivity index (χ0) is 12.1. The standard InChI is InChI=1S/C13H18Cl2N2/c14-5-2-6-16-7-9-17(10-8-16)13-4-1-3-12(15)11-13/h1,3-4,11H,2,5-10H2/p+1. The van der Waals surface area contributed by atoms with Gasteiger partial charge in [0.05, 0.1) is 32.7 Å². The van der Waals surface area contributed by atoms with E-state index in [0.29, 0.717) is 0 Å². The van der Waals surface area contributed by atoms with E-state index >= 15 is 0 Å². The normalized spacial score (nSPS) is 17.4. The van der Waals surface area contributed by atoms with Gasteiger partial charge in [0.15, 0.2) is 0 Å². The first-order valence-electron chi connectivity index (χ1n) is 6.19. The Balaban J connectivity index is 1.86. The fraction of sp³-hybridized carbons (Fsp3) is 0.538. The molecule has 0 aromatic heterocycles. The van der Waals surface area contributed by atoms with Crippen LogP contribution in [0.25, 0.3) is 0 Å². The Hall–Kier alpha value is -0.440. The summed E-state index contributed by atoms with van der Waals surface area (Å²) < 4.78 is 0. The minimum absolute atomic E-state index is 0.779. The van der Waals surface area contributed by atoms with Crippen molar-refractivity contribution in [3.05, 3.63) is 29.3 Å². The van der Waals surface area contributed by atoms with Crippen molar-refractivity contribution in [1.29, 1.82) is 0 Å². The molecule has 0 unspecified atom stereocenters. The van der Waals surface area contributed by atoms with Crippen LogP contribution in [0.5, 0.6) is 0 Å². The number of nitrogens with one attached hydrogen (secondary N) is 1. The molecular formula is C13H19Cl2N2+. The van der Waals surface area contributed by atoms with E-state index in [-0.39, 0.29) is 0 Å². The maximum atomic E-state index is 6.01. The molecule has 1 aromatic carbocycles. The van der Waals surface area contributed by atoms with Gasteiger partial charge in [0.25, 0.3) is 0 Å². The van der Waals surface area contributed by atoms with Crippen molar-refractivity contribution in [1.82, 2.24) is 0 Å². The van der Waals surface area contributed by atoms with Gasteiger partial charge in [-0.3, -0.25) is 0 Å². The highest BCUT2D eigenvalue weighted by atomic mass is 35.5. The van der Waals surface area contributed by atoms with Gasteiger partial charge in [-0.15, -0.1) is 11.6 Å². The second-order valence-corrected chi connectivity index (χ2v) is 5.32. The molecule has 1 saturated heterocycles. The largest absolute Gasteiger partial charge is 0.360 e. The van der Waals surface area contributed by atoms with Gasteiger partial charge >= 0.3 is 0 Å². The summed E-state index contributed by atoms with van der Waals surface area (Å²) in [4.78, 5) is 4.08. The minimum Gasteiger partial charge on any atom is -0.360 e. The van der Waals surface area contributed by atoms with Crippen LogP contribution in [0.15, 0.2) is 24.3 Å². The van der Waals surface area contributed by atoms with E-state index in [1.807, 2.05) is 18.2 Å². The Bertz CT molecular complexity index is 349. The first-order chi connectivity index (χ1) is 8.29. The van der Waals surface area contributed by atoms with Gasteiger partial charge in [-0.05, 0) is 18.2 Å². The molecule has 94 valence electrons. The maximum Gasteiger partial charge on any atom is 0.0949 e. The quantitative estimate of drug-likeness (QED) is 0.821. The van der Waals surface area contributed by atoms with E-state index in [4.69, 9.17) is 23.2 Å². The lowest BCUT2D eigenvalue weighted by Gasteiger charge is -2.33. The monoisotopic (exact) mass is 273 g/mol. The molecule has 4 heteroatoms. The summed E-state index contributed by atoms with van der Waals surface area (Å²) in [6, 6.07) is 8.12. The highest BCUT2D eigenvalue weighted by Crippen LogP contribution is 2.19. The van der Waals surface area contributed by atoms with Crippen LogP contribution in [0.2, 0.25) is 5.02 Å². The number of nitrogens with zero attached hydrogens (tertiary/aromatic N) is 1. The second kappa shape index (κ2) is 6.48. The number of hydrogen-bond acceptors (Lipinski definition) is 1. The molecule has 1 N–H and O–H groups in total. The Morgan fingerprint density at radius 2 is 2.00 bits per heavy atom. The molecule has 1 heterocycles. The number of alkyl halides is 1. The van der Waals surface area contributed by atoms with Crippen molar-refractivity contribution in [3.63, 3.8) is 0 Å². The molecule has 0 saturated carbocycles. The van der Waals surface area contributed by atoms with E-state index in [1.54, 1.807) is 4.90 Å². The van der Waals surface area contributed by atoms with Gasteiger partial charge in [0.2, 0.25) is 0 Å². The molecule has 1 aromatic rings. The number of halogens is 2. The van der Waals surface area contributed by atoms with Crippen LogP contribution in [0.1, 0.15) is 6.42 Å². The van der Waals surface area contributed by atoms with Gasteiger partial charge in [-0.25, -0.2) is 0 Å².